The number of likely N-dealkylation sites (tertiary alicyclic amines) is 1. The molecule has 2 amide bonds. The van der Waals surface area contributed by atoms with Gasteiger partial charge in [0, 0.05) is 57.7 Å². The second kappa shape index (κ2) is 12.4. The van der Waals surface area contributed by atoms with Crippen molar-refractivity contribution in [3.05, 3.63) is 75.1 Å². The molecule has 41 heavy (non-hydrogen) atoms. The van der Waals surface area contributed by atoms with Crippen LogP contribution in [0.25, 0.3) is 0 Å². The standard InChI is InChI=1S/C31H38Cl2N4O4/c1-30(2,3)29(41)36-13-10-21(11-14-36)25-16-26(31(4)17-23(32)15-24(33)18-31)35-37(25)19-20-5-7-22(8-6-20)28(40)34-12-9-27(38)39/h5-8,15-17,21H,9-14,18-19H2,1-4H3,(H,34,40)(H,38,39). The van der Waals surface area contributed by atoms with E-state index in [0.717, 1.165) is 29.8 Å². The van der Waals surface area contributed by atoms with Crippen LogP contribution >= 0.6 is 23.2 Å². The predicted molar refractivity (Wildman–Crippen MR) is 160 cm³/mol. The van der Waals surface area contributed by atoms with Gasteiger partial charge in [0.25, 0.3) is 5.91 Å². The van der Waals surface area contributed by atoms with Gasteiger partial charge in [0.2, 0.25) is 5.91 Å². The van der Waals surface area contributed by atoms with Gasteiger partial charge < -0.3 is 15.3 Å². The molecule has 0 bridgehead atoms. The fraction of sp³-hybridized carbons (Fsp3) is 0.484. The van der Waals surface area contributed by atoms with Crippen molar-refractivity contribution in [1.82, 2.24) is 20.0 Å². The van der Waals surface area contributed by atoms with E-state index in [2.05, 4.69) is 18.3 Å². The van der Waals surface area contributed by atoms with Gasteiger partial charge in [0.05, 0.1) is 18.7 Å². The van der Waals surface area contributed by atoms with Crippen LogP contribution in [-0.2, 0) is 21.5 Å². The summed E-state index contributed by atoms with van der Waals surface area (Å²) in [6.45, 7) is 9.93. The maximum atomic E-state index is 12.9. The maximum absolute atomic E-state index is 12.9. The highest BCUT2D eigenvalue weighted by molar-refractivity contribution is 6.35. The van der Waals surface area contributed by atoms with E-state index in [9.17, 15) is 14.4 Å². The zero-order valence-corrected chi connectivity index (χ0v) is 25.6. The van der Waals surface area contributed by atoms with Gasteiger partial charge in [-0.05, 0) is 56.0 Å². The molecule has 2 aromatic rings. The number of hydrogen-bond donors (Lipinski definition) is 2. The van der Waals surface area contributed by atoms with Crippen LogP contribution in [-0.4, -0.2) is 57.2 Å². The van der Waals surface area contributed by atoms with E-state index in [-0.39, 0.29) is 30.7 Å². The number of carbonyl (C=O) groups excluding carboxylic acids is 2. The summed E-state index contributed by atoms with van der Waals surface area (Å²) < 4.78 is 2.03. The summed E-state index contributed by atoms with van der Waals surface area (Å²) >= 11 is 12.9. The minimum absolute atomic E-state index is 0.0753. The number of carbonyl (C=O) groups is 3. The first-order chi connectivity index (χ1) is 19.2. The topological polar surface area (TPSA) is 105 Å². The van der Waals surface area contributed by atoms with Crippen LogP contribution in [0.2, 0.25) is 0 Å². The van der Waals surface area contributed by atoms with Crippen LogP contribution in [0.15, 0.2) is 52.5 Å². The number of carboxylic acids is 1. The molecule has 1 aromatic heterocycles. The highest BCUT2D eigenvalue weighted by atomic mass is 35.5. The average Bonchev–Trinajstić information content (AvgIpc) is 3.32. The van der Waals surface area contributed by atoms with Crippen molar-refractivity contribution in [3.63, 3.8) is 0 Å². The van der Waals surface area contributed by atoms with E-state index >= 15 is 0 Å². The molecular weight excluding hydrogens is 563 g/mol. The number of carboxylic acid groups (broad SMARTS) is 1. The van der Waals surface area contributed by atoms with Gasteiger partial charge in [-0.25, -0.2) is 0 Å². The molecule has 1 aromatic carbocycles. The maximum Gasteiger partial charge on any atom is 0.305 e. The van der Waals surface area contributed by atoms with Crippen molar-refractivity contribution in [2.45, 2.75) is 71.3 Å². The molecule has 2 aliphatic rings. The molecular formula is C31H38Cl2N4O4. The van der Waals surface area contributed by atoms with Gasteiger partial charge in [-0.2, -0.15) is 5.10 Å². The number of benzene rings is 1. The molecule has 1 aliphatic heterocycles. The minimum Gasteiger partial charge on any atom is -0.481 e. The molecule has 1 fully saturated rings. The minimum atomic E-state index is -0.959. The number of halogens is 2. The first kappa shape index (κ1) is 30.8. The molecule has 8 nitrogen and oxygen atoms in total. The molecule has 1 aliphatic carbocycles. The van der Waals surface area contributed by atoms with Gasteiger partial charge in [-0.15, -0.1) is 0 Å². The van der Waals surface area contributed by atoms with E-state index in [1.165, 1.54) is 0 Å². The summed E-state index contributed by atoms with van der Waals surface area (Å²) in [5, 5.41) is 17.8. The monoisotopic (exact) mass is 600 g/mol. The van der Waals surface area contributed by atoms with Gasteiger partial charge in [0.15, 0.2) is 0 Å². The number of nitrogens with one attached hydrogen (secondary N) is 1. The predicted octanol–water partition coefficient (Wildman–Crippen LogP) is 5.79. The van der Waals surface area contributed by atoms with E-state index in [4.69, 9.17) is 33.4 Å². The Morgan fingerprint density at radius 3 is 2.37 bits per heavy atom. The molecule has 0 radical (unpaired) electrons. The first-order valence-electron chi connectivity index (χ1n) is 14.0. The van der Waals surface area contributed by atoms with Crippen molar-refractivity contribution in [2.24, 2.45) is 5.41 Å². The Morgan fingerprint density at radius 2 is 1.78 bits per heavy atom. The lowest BCUT2D eigenvalue weighted by Crippen LogP contribution is -2.43. The van der Waals surface area contributed by atoms with Crippen LogP contribution in [0.5, 0.6) is 0 Å². The van der Waals surface area contributed by atoms with Crippen molar-refractivity contribution >= 4 is 41.0 Å². The summed E-state index contributed by atoms with van der Waals surface area (Å²) in [7, 11) is 0. The third kappa shape index (κ3) is 7.60. The Morgan fingerprint density at radius 1 is 1.12 bits per heavy atom. The Kier molecular flexibility index (Phi) is 9.34. The highest BCUT2D eigenvalue weighted by Crippen LogP contribution is 2.41. The lowest BCUT2D eigenvalue weighted by molar-refractivity contribution is -0.140. The molecule has 0 saturated carbocycles. The van der Waals surface area contributed by atoms with Crippen molar-refractivity contribution in [1.29, 1.82) is 0 Å². The van der Waals surface area contributed by atoms with Gasteiger partial charge >= 0.3 is 5.97 Å². The highest BCUT2D eigenvalue weighted by Gasteiger charge is 2.35. The summed E-state index contributed by atoms with van der Waals surface area (Å²) in [6, 6.07) is 9.41. The number of amides is 2. The third-order valence-corrected chi connectivity index (χ3v) is 8.16. The zero-order valence-electron chi connectivity index (χ0n) is 24.0. The molecule has 2 heterocycles. The van der Waals surface area contributed by atoms with Crippen LogP contribution in [0.4, 0.5) is 0 Å². The van der Waals surface area contributed by atoms with Crippen molar-refractivity contribution in [3.8, 4) is 0 Å². The Hall–Kier alpha value is -3.10. The van der Waals surface area contributed by atoms with E-state index < -0.39 is 16.8 Å². The van der Waals surface area contributed by atoms with E-state index in [0.29, 0.717) is 41.7 Å². The number of aliphatic carboxylic acids is 1. The second-order valence-electron chi connectivity index (χ2n) is 12.2. The average molecular weight is 602 g/mol. The SMILES string of the molecule is CC(C)(C)C(=O)N1CCC(c2cc(C3(C)C=C(Cl)C=C(Cl)C3)nn2Cc2ccc(C(=O)NCCC(=O)O)cc2)CC1. The quantitative estimate of drug-likeness (QED) is 0.399. The Bertz CT molecular complexity index is 1370. The third-order valence-electron chi connectivity index (χ3n) is 7.70. The fourth-order valence-electron chi connectivity index (χ4n) is 5.45. The van der Waals surface area contributed by atoms with Crippen LogP contribution in [0, 0.1) is 5.41 Å². The number of piperidine rings is 1. The fourth-order valence-corrected chi connectivity index (χ4v) is 6.27. The molecule has 1 atom stereocenters. The number of aromatic nitrogens is 2. The van der Waals surface area contributed by atoms with Crippen LogP contribution < -0.4 is 5.32 Å². The second-order valence-corrected chi connectivity index (χ2v) is 13.2. The van der Waals surface area contributed by atoms with Gasteiger partial charge in [-0.3, -0.25) is 19.1 Å². The lowest BCUT2D eigenvalue weighted by atomic mass is 9.80. The lowest BCUT2D eigenvalue weighted by Gasteiger charge is -2.36. The van der Waals surface area contributed by atoms with Gasteiger partial charge in [-0.1, -0.05) is 62.2 Å². The van der Waals surface area contributed by atoms with E-state index in [1.807, 2.05) is 48.6 Å². The molecule has 4 rings (SSSR count). The number of hydrogen-bond acceptors (Lipinski definition) is 4. The molecule has 1 unspecified atom stereocenters. The Labute approximate surface area is 251 Å². The molecule has 0 spiro atoms. The summed E-state index contributed by atoms with van der Waals surface area (Å²) in [6.07, 6.45) is 5.93. The normalized spacial score (nSPS) is 19.9. The van der Waals surface area contributed by atoms with Crippen LogP contribution in [0.3, 0.4) is 0 Å². The van der Waals surface area contributed by atoms with E-state index in [1.54, 1.807) is 18.2 Å². The first-order valence-corrected chi connectivity index (χ1v) is 14.7. The summed E-state index contributed by atoms with van der Waals surface area (Å²) in [4.78, 5) is 37.9. The molecule has 2 N–H and O–H groups in total. The van der Waals surface area contributed by atoms with Crippen molar-refractivity contribution < 1.29 is 19.5 Å². The Balaban J connectivity index is 1.57. The largest absolute Gasteiger partial charge is 0.481 e. The summed E-state index contributed by atoms with van der Waals surface area (Å²) in [5.41, 5.74) is 2.57. The van der Waals surface area contributed by atoms with Gasteiger partial charge in [0.1, 0.15) is 0 Å². The number of allylic oxidation sites excluding steroid dienone is 4. The molecule has 1 saturated heterocycles. The number of nitrogens with zero attached hydrogens (tertiary/aromatic N) is 3. The van der Waals surface area contributed by atoms with Crippen molar-refractivity contribution in [2.75, 3.05) is 19.6 Å². The smallest absolute Gasteiger partial charge is 0.305 e. The zero-order chi connectivity index (χ0) is 29.9. The van der Waals surface area contributed by atoms with Crippen LogP contribution in [0.1, 0.15) is 86.6 Å². The molecule has 220 valence electrons. The summed E-state index contributed by atoms with van der Waals surface area (Å²) in [5.74, 6) is -0.861. The molecule has 10 heteroatoms. The number of rotatable bonds is 8.